The third kappa shape index (κ3) is 4.05. The van der Waals surface area contributed by atoms with Gasteiger partial charge >= 0.3 is 0 Å². The fourth-order valence-electron chi connectivity index (χ4n) is 2.29. The summed E-state index contributed by atoms with van der Waals surface area (Å²) in [6.07, 6.45) is 0.732. The van der Waals surface area contributed by atoms with Gasteiger partial charge in [0.25, 0.3) is 11.5 Å². The number of carbonyl (C=O) groups is 1. The van der Waals surface area contributed by atoms with Gasteiger partial charge in [-0.1, -0.05) is 30.3 Å². The number of nitrogens with one attached hydrogen (secondary N) is 1. The van der Waals surface area contributed by atoms with E-state index in [1.165, 1.54) is 0 Å². The summed E-state index contributed by atoms with van der Waals surface area (Å²) in [6.45, 7) is 3.11. The summed E-state index contributed by atoms with van der Waals surface area (Å²) in [5.74, 6) is -0.275. The van der Waals surface area contributed by atoms with Crippen LogP contribution in [0.5, 0.6) is 0 Å². The number of rotatable bonds is 6. The molecule has 3 N–H and O–H groups in total. The fraction of sp³-hybridized carbons (Fsp3) is 0.294. The Kier molecular flexibility index (Phi) is 5.49. The normalized spacial score (nSPS) is 10.5. The minimum Gasteiger partial charge on any atom is -0.337 e. The second kappa shape index (κ2) is 7.56. The summed E-state index contributed by atoms with van der Waals surface area (Å²) < 4.78 is 0. The molecule has 2 aromatic rings. The summed E-state index contributed by atoms with van der Waals surface area (Å²) in [7, 11) is 0. The van der Waals surface area contributed by atoms with Crippen LogP contribution in [0.25, 0.3) is 0 Å². The van der Waals surface area contributed by atoms with Crippen LogP contribution in [-0.4, -0.2) is 35.4 Å². The van der Waals surface area contributed by atoms with Gasteiger partial charge in [-0.2, -0.15) is 0 Å². The first kappa shape index (κ1) is 16.0. The number of benzene rings is 1. The average molecular weight is 299 g/mol. The highest BCUT2D eigenvalue weighted by molar-refractivity contribution is 5.93. The number of hydrogen-bond acceptors (Lipinski definition) is 3. The first-order valence-corrected chi connectivity index (χ1v) is 7.35. The molecule has 0 radical (unpaired) electrons. The molecule has 0 aliphatic carbocycles. The fourth-order valence-corrected chi connectivity index (χ4v) is 2.29. The number of hydrogen-bond donors (Lipinski definition) is 2. The molecule has 0 unspecified atom stereocenters. The quantitative estimate of drug-likeness (QED) is 0.844. The number of aryl methyl sites for hydroxylation is 1. The molecule has 0 saturated carbocycles. The van der Waals surface area contributed by atoms with Gasteiger partial charge in [0, 0.05) is 25.3 Å². The Morgan fingerprint density at radius 2 is 1.86 bits per heavy atom. The minimum atomic E-state index is -0.355. The number of nitrogens with two attached hydrogens (primary N) is 1. The second-order valence-electron chi connectivity index (χ2n) is 5.20. The zero-order valence-electron chi connectivity index (χ0n) is 12.7. The molecule has 0 spiro atoms. The third-order valence-corrected chi connectivity index (χ3v) is 3.49. The smallest absolute Gasteiger partial charge is 0.260 e. The molecule has 0 saturated heterocycles. The van der Waals surface area contributed by atoms with Crippen molar-refractivity contribution in [1.82, 2.24) is 9.88 Å². The van der Waals surface area contributed by atoms with Gasteiger partial charge < -0.3 is 15.6 Å². The van der Waals surface area contributed by atoms with E-state index in [1.54, 1.807) is 24.0 Å². The molecule has 116 valence electrons. The van der Waals surface area contributed by atoms with E-state index < -0.39 is 0 Å². The molecule has 1 aromatic carbocycles. The van der Waals surface area contributed by atoms with Gasteiger partial charge in [-0.05, 0) is 31.0 Å². The lowest BCUT2D eigenvalue weighted by atomic mass is 10.1. The van der Waals surface area contributed by atoms with Crippen LogP contribution in [-0.2, 0) is 6.42 Å². The van der Waals surface area contributed by atoms with E-state index in [0.29, 0.717) is 19.6 Å². The summed E-state index contributed by atoms with van der Waals surface area (Å²) >= 11 is 0. The molecule has 1 aromatic heterocycles. The zero-order valence-corrected chi connectivity index (χ0v) is 12.7. The summed E-state index contributed by atoms with van der Waals surface area (Å²) in [5.41, 5.74) is 7.28. The van der Waals surface area contributed by atoms with Crippen molar-refractivity contribution in [3.63, 3.8) is 0 Å². The van der Waals surface area contributed by atoms with Gasteiger partial charge in [-0.3, -0.25) is 9.59 Å². The van der Waals surface area contributed by atoms with Gasteiger partial charge in [0.1, 0.15) is 5.56 Å². The second-order valence-corrected chi connectivity index (χ2v) is 5.20. The molecular formula is C17H21N3O2. The number of H-pyrrole nitrogens is 1. The van der Waals surface area contributed by atoms with E-state index >= 15 is 0 Å². The highest BCUT2D eigenvalue weighted by Gasteiger charge is 2.18. The van der Waals surface area contributed by atoms with Crippen molar-refractivity contribution in [2.24, 2.45) is 5.73 Å². The summed E-state index contributed by atoms with van der Waals surface area (Å²) in [6, 6.07) is 13.2. The molecule has 22 heavy (non-hydrogen) atoms. The van der Waals surface area contributed by atoms with Crippen LogP contribution in [0, 0.1) is 6.92 Å². The van der Waals surface area contributed by atoms with Gasteiger partial charge in [-0.25, -0.2) is 0 Å². The van der Waals surface area contributed by atoms with Crippen molar-refractivity contribution >= 4 is 5.91 Å². The summed E-state index contributed by atoms with van der Waals surface area (Å²) in [4.78, 5) is 28.8. The molecule has 0 fully saturated rings. The lowest BCUT2D eigenvalue weighted by molar-refractivity contribution is 0.0760. The predicted octanol–water partition coefficient (Wildman–Crippen LogP) is 1.33. The number of amides is 1. The monoisotopic (exact) mass is 299 g/mol. The van der Waals surface area contributed by atoms with Crippen LogP contribution in [0.15, 0.2) is 47.3 Å². The largest absolute Gasteiger partial charge is 0.337 e. The Morgan fingerprint density at radius 1 is 1.14 bits per heavy atom. The Bertz CT molecular complexity index is 680. The highest BCUT2D eigenvalue weighted by atomic mass is 16.2. The van der Waals surface area contributed by atoms with Crippen LogP contribution in [0.3, 0.4) is 0 Å². The van der Waals surface area contributed by atoms with Crippen molar-refractivity contribution in [2.75, 3.05) is 19.6 Å². The van der Waals surface area contributed by atoms with Crippen LogP contribution in [0.1, 0.15) is 21.6 Å². The third-order valence-electron chi connectivity index (χ3n) is 3.49. The van der Waals surface area contributed by atoms with Crippen molar-refractivity contribution in [3.05, 3.63) is 69.6 Å². The number of aromatic amines is 1. The van der Waals surface area contributed by atoms with Gasteiger partial charge in [0.05, 0.1) is 0 Å². The molecule has 0 aliphatic rings. The van der Waals surface area contributed by atoms with Crippen LogP contribution in [0.4, 0.5) is 0 Å². The Labute approximate surface area is 129 Å². The number of nitrogens with zero attached hydrogens (tertiary/aromatic N) is 1. The maximum atomic E-state index is 12.5. The molecular weight excluding hydrogens is 278 g/mol. The maximum absolute atomic E-state index is 12.5. The molecule has 0 atom stereocenters. The molecule has 1 heterocycles. The maximum Gasteiger partial charge on any atom is 0.260 e. The van der Waals surface area contributed by atoms with Crippen LogP contribution in [0.2, 0.25) is 0 Å². The minimum absolute atomic E-state index is 0.159. The van der Waals surface area contributed by atoms with E-state index in [1.807, 2.05) is 30.3 Å². The molecule has 2 rings (SSSR count). The van der Waals surface area contributed by atoms with Gasteiger partial charge in [0.2, 0.25) is 0 Å². The first-order valence-electron chi connectivity index (χ1n) is 7.35. The van der Waals surface area contributed by atoms with Crippen molar-refractivity contribution < 1.29 is 4.79 Å². The Morgan fingerprint density at radius 3 is 2.50 bits per heavy atom. The van der Waals surface area contributed by atoms with Crippen molar-refractivity contribution in [1.29, 1.82) is 0 Å². The number of carbonyl (C=O) groups excluding carboxylic acids is 1. The van der Waals surface area contributed by atoms with E-state index in [4.69, 9.17) is 5.73 Å². The van der Waals surface area contributed by atoms with E-state index in [0.717, 1.165) is 17.7 Å². The Hall–Kier alpha value is -2.40. The van der Waals surface area contributed by atoms with Gasteiger partial charge in [0.15, 0.2) is 0 Å². The lowest BCUT2D eigenvalue weighted by Crippen LogP contribution is -2.39. The van der Waals surface area contributed by atoms with Gasteiger partial charge in [-0.15, -0.1) is 0 Å². The molecule has 1 amide bonds. The topological polar surface area (TPSA) is 79.2 Å². The SMILES string of the molecule is Cc1ccc(C(=O)N(CCN)CCc2ccccc2)c(=O)[nH]1. The highest BCUT2D eigenvalue weighted by Crippen LogP contribution is 2.05. The molecule has 0 aliphatic heterocycles. The zero-order chi connectivity index (χ0) is 15.9. The molecule has 5 nitrogen and oxygen atoms in total. The van der Waals surface area contributed by atoms with Crippen molar-refractivity contribution in [3.8, 4) is 0 Å². The average Bonchev–Trinajstić information content (AvgIpc) is 2.52. The molecule has 0 bridgehead atoms. The number of pyridine rings is 1. The number of aromatic nitrogens is 1. The van der Waals surface area contributed by atoms with E-state index in [2.05, 4.69) is 4.98 Å². The van der Waals surface area contributed by atoms with E-state index in [-0.39, 0.29) is 17.0 Å². The Balaban J connectivity index is 2.12. The van der Waals surface area contributed by atoms with Crippen LogP contribution < -0.4 is 11.3 Å². The lowest BCUT2D eigenvalue weighted by Gasteiger charge is -2.22. The predicted molar refractivity (Wildman–Crippen MR) is 86.9 cm³/mol. The first-order chi connectivity index (χ1) is 10.6. The standard InChI is InChI=1S/C17H21N3O2/c1-13-7-8-15(16(21)19-13)17(22)20(12-10-18)11-9-14-5-3-2-4-6-14/h2-8H,9-12,18H2,1H3,(H,19,21). The summed E-state index contributed by atoms with van der Waals surface area (Å²) in [5, 5.41) is 0. The van der Waals surface area contributed by atoms with Crippen LogP contribution >= 0.6 is 0 Å². The van der Waals surface area contributed by atoms with E-state index in [9.17, 15) is 9.59 Å². The van der Waals surface area contributed by atoms with Crippen molar-refractivity contribution in [2.45, 2.75) is 13.3 Å². The molecule has 5 heteroatoms.